The van der Waals surface area contributed by atoms with Crippen LogP contribution in [0.25, 0.3) is 0 Å². The molecule has 0 aliphatic rings. The van der Waals surface area contributed by atoms with E-state index in [1.165, 1.54) is 0 Å². The van der Waals surface area contributed by atoms with Crippen LogP contribution in [0, 0.1) is 0 Å². The smallest absolute Gasteiger partial charge is 0.550 e. The standard InChI is InChI=1S/C5H9NO4.2Ag/c6-3(1-4(7)8)2-5(9)10;;/h3H,1-2,6H2,(H,7,8)(H,9,10);;/q;2*+1/p-2. The number of hydrogen-bond acceptors (Lipinski definition) is 5. The summed E-state index contributed by atoms with van der Waals surface area (Å²) in [6.07, 6.45) is -0.901. The number of aliphatic carboxylic acids is 2. The maximum atomic E-state index is 9.79. The van der Waals surface area contributed by atoms with Gasteiger partial charge >= 0.3 is 44.8 Å². The molecule has 0 aliphatic heterocycles. The van der Waals surface area contributed by atoms with Crippen LogP contribution in [0.5, 0.6) is 0 Å². The van der Waals surface area contributed by atoms with E-state index in [2.05, 4.69) is 0 Å². The van der Waals surface area contributed by atoms with E-state index in [9.17, 15) is 19.8 Å². The first-order chi connectivity index (χ1) is 4.52. The molecule has 2 N–H and O–H groups in total. The second-order valence-corrected chi connectivity index (χ2v) is 1.91. The number of carbonyl (C=O) groups excluding carboxylic acids is 2. The van der Waals surface area contributed by atoms with Gasteiger partial charge in [0.2, 0.25) is 0 Å². The minimum absolute atomic E-state index is 0. The van der Waals surface area contributed by atoms with Crippen LogP contribution >= 0.6 is 0 Å². The van der Waals surface area contributed by atoms with Gasteiger partial charge in [0, 0.05) is 30.8 Å². The predicted molar refractivity (Wildman–Crippen MR) is 27.2 cm³/mol. The third kappa shape index (κ3) is 13.0. The third-order valence-corrected chi connectivity index (χ3v) is 0.858. The van der Waals surface area contributed by atoms with Crippen molar-refractivity contribution in [3.05, 3.63) is 0 Å². The molecule has 0 aromatic carbocycles. The molecule has 0 spiro atoms. The van der Waals surface area contributed by atoms with Crippen molar-refractivity contribution in [2.45, 2.75) is 18.9 Å². The largest absolute Gasteiger partial charge is 1.00 e. The molecule has 0 aliphatic carbocycles. The van der Waals surface area contributed by atoms with Crippen LogP contribution in [0.2, 0.25) is 0 Å². The summed E-state index contributed by atoms with van der Waals surface area (Å²) in [5.74, 6) is -2.71. The van der Waals surface area contributed by atoms with Crippen molar-refractivity contribution in [2.75, 3.05) is 0 Å². The van der Waals surface area contributed by atoms with Crippen molar-refractivity contribution in [1.82, 2.24) is 0 Å². The number of hydrogen-bond donors (Lipinski definition) is 1. The Kier molecular flexibility index (Phi) is 14.4. The Balaban J connectivity index is -0.000000405. The molecule has 0 saturated heterocycles. The summed E-state index contributed by atoms with van der Waals surface area (Å²) in [5, 5.41) is 19.6. The minimum atomic E-state index is -1.35. The van der Waals surface area contributed by atoms with E-state index in [4.69, 9.17) is 5.73 Å². The summed E-state index contributed by atoms with van der Waals surface area (Å²) >= 11 is 0. The minimum Gasteiger partial charge on any atom is -0.550 e. The Bertz CT molecular complexity index is 136. The molecule has 0 heterocycles. The van der Waals surface area contributed by atoms with E-state index in [0.29, 0.717) is 0 Å². The summed E-state index contributed by atoms with van der Waals surface area (Å²) in [6, 6.07) is -0.907. The maximum Gasteiger partial charge on any atom is 1.00 e. The first-order valence-corrected chi connectivity index (χ1v) is 2.67. The predicted octanol–water partition coefficient (Wildman–Crippen LogP) is -3.41. The van der Waals surface area contributed by atoms with Gasteiger partial charge in [-0.3, -0.25) is 0 Å². The number of carbonyl (C=O) groups is 2. The Labute approximate surface area is 101 Å². The van der Waals surface area contributed by atoms with Gasteiger partial charge in [-0.2, -0.15) is 0 Å². The number of carboxylic acid groups (broad SMARTS) is 2. The van der Waals surface area contributed by atoms with Gasteiger partial charge in [-0.1, -0.05) is 0 Å². The zero-order valence-electron chi connectivity index (χ0n) is 5.80. The van der Waals surface area contributed by atoms with Crippen molar-refractivity contribution in [3.8, 4) is 0 Å². The average Bonchev–Trinajstić information content (AvgIpc) is 1.58. The summed E-state index contributed by atoms with van der Waals surface area (Å²) in [4.78, 5) is 19.6. The van der Waals surface area contributed by atoms with Gasteiger partial charge in [0.25, 0.3) is 0 Å². The molecule has 0 unspecified atom stereocenters. The molecular formula is C5H7Ag2NO4. The zero-order valence-corrected chi connectivity index (χ0v) is 8.77. The number of carboxylic acids is 2. The SMILES string of the molecule is NC(CC(=O)[O-])CC(=O)[O-].[Ag+].[Ag+]. The molecule has 5 nitrogen and oxygen atoms in total. The van der Waals surface area contributed by atoms with Crippen molar-refractivity contribution >= 4 is 11.9 Å². The Morgan fingerprint density at radius 3 is 1.50 bits per heavy atom. The van der Waals surface area contributed by atoms with Gasteiger partial charge in [-0.05, 0) is 0 Å². The van der Waals surface area contributed by atoms with E-state index >= 15 is 0 Å². The molecule has 12 heavy (non-hydrogen) atoms. The summed E-state index contributed by atoms with van der Waals surface area (Å²) in [7, 11) is 0. The Morgan fingerprint density at radius 1 is 1.08 bits per heavy atom. The number of rotatable bonds is 4. The Hall–Kier alpha value is 0.381. The monoisotopic (exact) mass is 359 g/mol. The molecule has 0 aromatic heterocycles. The molecule has 7 heteroatoms. The fourth-order valence-corrected chi connectivity index (χ4v) is 0.500. The topological polar surface area (TPSA) is 106 Å². The van der Waals surface area contributed by atoms with E-state index in [0.717, 1.165) is 0 Å². The second-order valence-electron chi connectivity index (χ2n) is 1.91. The third-order valence-electron chi connectivity index (χ3n) is 0.858. The van der Waals surface area contributed by atoms with Gasteiger partial charge in [-0.25, -0.2) is 0 Å². The van der Waals surface area contributed by atoms with E-state index in [1.807, 2.05) is 0 Å². The molecule has 0 rings (SSSR count). The van der Waals surface area contributed by atoms with Gasteiger partial charge in [0.05, 0.1) is 0 Å². The first-order valence-electron chi connectivity index (χ1n) is 2.67. The summed E-state index contributed by atoms with van der Waals surface area (Å²) in [5.41, 5.74) is 5.03. The summed E-state index contributed by atoms with van der Waals surface area (Å²) < 4.78 is 0. The molecule has 78 valence electrons. The van der Waals surface area contributed by atoms with Crippen molar-refractivity contribution in [1.29, 1.82) is 0 Å². The van der Waals surface area contributed by atoms with Crippen molar-refractivity contribution < 1.29 is 64.6 Å². The quantitative estimate of drug-likeness (QED) is 0.526. The van der Waals surface area contributed by atoms with E-state index < -0.39 is 30.8 Å². The van der Waals surface area contributed by atoms with Crippen LogP contribution in [0.3, 0.4) is 0 Å². The molecule has 0 radical (unpaired) electrons. The van der Waals surface area contributed by atoms with Crippen molar-refractivity contribution in [2.24, 2.45) is 5.73 Å². The zero-order chi connectivity index (χ0) is 8.15. The fourth-order valence-electron chi connectivity index (χ4n) is 0.500. The van der Waals surface area contributed by atoms with Crippen LogP contribution in [0.1, 0.15) is 12.8 Å². The van der Waals surface area contributed by atoms with Gasteiger partial charge in [-0.15, -0.1) is 0 Å². The molecule has 0 saturated carbocycles. The second kappa shape index (κ2) is 9.47. The van der Waals surface area contributed by atoms with Crippen LogP contribution in [-0.2, 0) is 54.3 Å². The number of nitrogens with two attached hydrogens (primary N) is 1. The van der Waals surface area contributed by atoms with E-state index in [1.54, 1.807) is 0 Å². The first kappa shape index (κ1) is 18.2. The molecule has 0 atom stereocenters. The average molecular weight is 361 g/mol. The fraction of sp³-hybridized carbons (Fsp3) is 0.600. The van der Waals surface area contributed by atoms with Crippen LogP contribution < -0.4 is 15.9 Å². The molecule has 0 amide bonds. The van der Waals surface area contributed by atoms with Crippen LogP contribution in [0.4, 0.5) is 0 Å². The molecule has 0 aromatic rings. The molecular weight excluding hydrogens is 354 g/mol. The van der Waals surface area contributed by atoms with Gasteiger partial charge < -0.3 is 25.5 Å². The van der Waals surface area contributed by atoms with E-state index in [-0.39, 0.29) is 44.8 Å². The van der Waals surface area contributed by atoms with Crippen LogP contribution in [0.15, 0.2) is 0 Å². The Morgan fingerprint density at radius 2 is 1.33 bits per heavy atom. The summed E-state index contributed by atoms with van der Waals surface area (Å²) in [6.45, 7) is 0. The molecule has 0 fully saturated rings. The van der Waals surface area contributed by atoms with Gasteiger partial charge in [0.15, 0.2) is 0 Å². The molecule has 0 bridgehead atoms. The van der Waals surface area contributed by atoms with Crippen LogP contribution in [-0.4, -0.2) is 18.0 Å². The van der Waals surface area contributed by atoms with Gasteiger partial charge in [0.1, 0.15) is 0 Å². The normalized spacial score (nSPS) is 8.17. The van der Waals surface area contributed by atoms with Crippen molar-refractivity contribution in [3.63, 3.8) is 0 Å². The maximum absolute atomic E-state index is 9.79.